The molecule has 130 valence electrons. The largest absolute Gasteiger partial charge is 0.443 e. The predicted octanol–water partition coefficient (Wildman–Crippen LogP) is 3.46. The van der Waals surface area contributed by atoms with Crippen LogP contribution in [-0.4, -0.2) is 30.4 Å². The van der Waals surface area contributed by atoms with Gasteiger partial charge in [-0.2, -0.15) is 5.26 Å². The van der Waals surface area contributed by atoms with Crippen molar-refractivity contribution in [3.8, 4) is 6.07 Å². The van der Waals surface area contributed by atoms with Gasteiger partial charge in [0.1, 0.15) is 6.07 Å². The smallest absolute Gasteiger partial charge is 0.334 e. The lowest BCUT2D eigenvalue weighted by atomic mass is 9.80. The van der Waals surface area contributed by atoms with Crippen LogP contribution in [0.4, 0.5) is 0 Å². The maximum absolute atomic E-state index is 12.7. The van der Waals surface area contributed by atoms with Gasteiger partial charge in [-0.1, -0.05) is 30.3 Å². The maximum atomic E-state index is 12.7. The zero-order valence-corrected chi connectivity index (χ0v) is 14.8. The average molecular weight is 351 g/mol. The third-order valence-electron chi connectivity index (χ3n) is 3.90. The molecule has 0 radical (unpaired) electrons. The summed E-state index contributed by atoms with van der Waals surface area (Å²) in [5, 5.41) is 9.40. The molecule has 7 heteroatoms. The quantitative estimate of drug-likeness (QED) is 0.527. The number of esters is 1. The van der Waals surface area contributed by atoms with Crippen molar-refractivity contribution in [3.05, 3.63) is 35.9 Å². The van der Waals surface area contributed by atoms with E-state index in [0.717, 1.165) is 5.56 Å². The van der Waals surface area contributed by atoms with Crippen molar-refractivity contribution in [2.45, 2.75) is 44.4 Å². The van der Waals surface area contributed by atoms with E-state index in [1.54, 1.807) is 13.8 Å². The summed E-state index contributed by atoms with van der Waals surface area (Å²) in [4.78, 5) is 12.1. The van der Waals surface area contributed by atoms with Crippen LogP contribution >= 0.6 is 7.60 Å². The molecule has 1 aliphatic rings. The predicted molar refractivity (Wildman–Crippen MR) is 88.5 cm³/mol. The van der Waals surface area contributed by atoms with E-state index in [2.05, 4.69) is 0 Å². The Balaban J connectivity index is 1.97. The van der Waals surface area contributed by atoms with E-state index in [0.29, 0.717) is 0 Å². The molecule has 2 rings (SSSR count). The van der Waals surface area contributed by atoms with Gasteiger partial charge in [0, 0.05) is 12.8 Å². The van der Waals surface area contributed by atoms with E-state index in [-0.39, 0.29) is 32.5 Å². The first-order chi connectivity index (χ1) is 11.5. The van der Waals surface area contributed by atoms with Gasteiger partial charge in [-0.3, -0.25) is 9.36 Å². The number of carbonyl (C=O) groups is 1. The molecule has 1 saturated carbocycles. The zero-order chi connectivity index (χ0) is 17.6. The molecule has 1 aromatic carbocycles. The van der Waals surface area contributed by atoms with Crippen molar-refractivity contribution in [2.24, 2.45) is 0 Å². The number of rotatable bonds is 8. The molecule has 0 unspecified atom stereocenters. The molecule has 0 aromatic heterocycles. The second-order valence-electron chi connectivity index (χ2n) is 5.68. The van der Waals surface area contributed by atoms with E-state index in [4.69, 9.17) is 13.8 Å². The Bertz CT molecular complexity index is 639. The van der Waals surface area contributed by atoms with Crippen LogP contribution in [0, 0.1) is 11.3 Å². The second kappa shape index (κ2) is 7.94. The molecule has 0 atom stereocenters. The van der Waals surface area contributed by atoms with Gasteiger partial charge < -0.3 is 13.8 Å². The Kier molecular flexibility index (Phi) is 6.17. The molecular weight excluding hydrogens is 329 g/mol. The number of ether oxygens (including phenoxy) is 1. The van der Waals surface area contributed by atoms with Crippen LogP contribution in [0.1, 0.15) is 32.3 Å². The highest BCUT2D eigenvalue weighted by molar-refractivity contribution is 7.54. The van der Waals surface area contributed by atoms with Crippen LogP contribution in [0.25, 0.3) is 0 Å². The van der Waals surface area contributed by atoms with Crippen LogP contribution in [0.5, 0.6) is 0 Å². The first-order valence-corrected chi connectivity index (χ1v) is 9.64. The van der Waals surface area contributed by atoms with E-state index in [1.165, 1.54) is 0 Å². The molecule has 0 aliphatic heterocycles. The van der Waals surface area contributed by atoms with Gasteiger partial charge in [0.05, 0.1) is 25.3 Å². The fraction of sp³-hybridized carbons (Fsp3) is 0.529. The van der Waals surface area contributed by atoms with Crippen LogP contribution in [0.2, 0.25) is 0 Å². The van der Waals surface area contributed by atoms with Crippen LogP contribution in [-0.2, 0) is 29.6 Å². The Hall–Kier alpha value is -1.67. The summed E-state index contributed by atoms with van der Waals surface area (Å²) in [5.41, 5.74) is -0.831. The summed E-state index contributed by atoms with van der Waals surface area (Å²) in [6, 6.07) is 11.2. The molecule has 0 amide bonds. The van der Waals surface area contributed by atoms with Gasteiger partial charge in [-0.15, -0.1) is 0 Å². The average Bonchev–Trinajstić information content (AvgIpc) is 2.52. The summed E-state index contributed by atoms with van der Waals surface area (Å²) < 4.78 is 28.6. The van der Waals surface area contributed by atoms with E-state index >= 15 is 0 Å². The number of hydrogen-bond donors (Lipinski definition) is 0. The molecule has 24 heavy (non-hydrogen) atoms. The van der Waals surface area contributed by atoms with Gasteiger partial charge >= 0.3 is 13.6 Å². The first-order valence-electron chi connectivity index (χ1n) is 8.02. The molecule has 0 heterocycles. The molecule has 0 bridgehead atoms. The lowest BCUT2D eigenvalue weighted by Crippen LogP contribution is -2.49. The van der Waals surface area contributed by atoms with Crippen LogP contribution in [0.3, 0.4) is 0 Å². The molecule has 0 N–H and O–H groups in total. The Morgan fingerprint density at radius 3 is 2.33 bits per heavy atom. The van der Waals surface area contributed by atoms with Gasteiger partial charge in [0.15, 0.2) is 5.60 Å². The van der Waals surface area contributed by atoms with Crippen molar-refractivity contribution in [2.75, 3.05) is 13.2 Å². The van der Waals surface area contributed by atoms with Crippen molar-refractivity contribution < 1.29 is 23.1 Å². The molecule has 1 aromatic rings. The fourth-order valence-electron chi connectivity index (χ4n) is 2.75. The third kappa shape index (κ3) is 4.24. The highest BCUT2D eigenvalue weighted by Gasteiger charge is 2.56. The minimum atomic E-state index is -3.27. The number of nitrogens with zero attached hydrogens (tertiary/aromatic N) is 1. The summed E-state index contributed by atoms with van der Waals surface area (Å²) in [6.07, 6.45) is 0.437. The van der Waals surface area contributed by atoms with E-state index in [1.807, 2.05) is 36.4 Å². The fourth-order valence-corrected chi connectivity index (χ4v) is 5.00. The normalized spacial score (nSPS) is 23.1. The number of carbonyl (C=O) groups excluding carboxylic acids is 1. The van der Waals surface area contributed by atoms with Crippen LogP contribution in [0.15, 0.2) is 30.3 Å². The Morgan fingerprint density at radius 2 is 1.83 bits per heavy atom. The molecule has 1 aliphatic carbocycles. The van der Waals surface area contributed by atoms with Gasteiger partial charge in [-0.25, -0.2) is 0 Å². The van der Waals surface area contributed by atoms with E-state index in [9.17, 15) is 14.6 Å². The maximum Gasteiger partial charge on any atom is 0.334 e. The van der Waals surface area contributed by atoms with Gasteiger partial charge in [0.25, 0.3) is 0 Å². The van der Waals surface area contributed by atoms with Gasteiger partial charge in [-0.05, 0) is 19.4 Å². The van der Waals surface area contributed by atoms with Crippen molar-refractivity contribution in [1.82, 2.24) is 0 Å². The van der Waals surface area contributed by atoms with Crippen molar-refractivity contribution >= 4 is 13.6 Å². The summed E-state index contributed by atoms with van der Waals surface area (Å²) in [6.45, 7) is 4.01. The number of benzene rings is 1. The summed E-state index contributed by atoms with van der Waals surface area (Å²) in [5.74, 6) is -0.469. The number of hydrogen-bond acceptors (Lipinski definition) is 6. The lowest BCUT2D eigenvalue weighted by Gasteiger charge is -2.43. The second-order valence-corrected chi connectivity index (χ2v) is 8.01. The SMILES string of the molecule is CCOP(=O)(OCC)C1CC(C#N)(OC(=O)Cc2ccccc2)C1. The minimum Gasteiger partial charge on any atom is -0.443 e. The first kappa shape index (κ1) is 18.7. The molecule has 0 spiro atoms. The Morgan fingerprint density at radius 1 is 1.25 bits per heavy atom. The molecular formula is C17H22NO5P. The highest BCUT2D eigenvalue weighted by Crippen LogP contribution is 2.62. The monoisotopic (exact) mass is 351 g/mol. The standard InChI is InChI=1S/C17H22NO5P/c1-3-21-24(20,22-4-2)15-11-17(12-15,13-18)23-16(19)10-14-8-6-5-7-9-14/h5-9,15H,3-4,10-12H2,1-2H3. The molecule has 0 saturated heterocycles. The summed E-state index contributed by atoms with van der Waals surface area (Å²) in [7, 11) is -3.27. The Labute approximate surface area is 142 Å². The highest BCUT2D eigenvalue weighted by atomic mass is 31.2. The summed E-state index contributed by atoms with van der Waals surface area (Å²) >= 11 is 0. The molecule has 6 nitrogen and oxygen atoms in total. The van der Waals surface area contributed by atoms with E-state index < -0.39 is 24.8 Å². The topological polar surface area (TPSA) is 85.6 Å². The third-order valence-corrected chi connectivity index (χ3v) is 6.40. The zero-order valence-electron chi connectivity index (χ0n) is 13.9. The van der Waals surface area contributed by atoms with Crippen molar-refractivity contribution in [1.29, 1.82) is 5.26 Å². The lowest BCUT2D eigenvalue weighted by molar-refractivity contribution is -0.160. The number of nitriles is 1. The van der Waals surface area contributed by atoms with Crippen LogP contribution < -0.4 is 0 Å². The minimum absolute atomic E-state index is 0.101. The molecule has 1 fully saturated rings. The van der Waals surface area contributed by atoms with Gasteiger partial charge in [0.2, 0.25) is 0 Å². The van der Waals surface area contributed by atoms with Crippen molar-refractivity contribution in [3.63, 3.8) is 0 Å².